The van der Waals surface area contributed by atoms with E-state index in [-0.39, 0.29) is 0 Å². The molecule has 0 amide bonds. The van der Waals surface area contributed by atoms with Crippen molar-refractivity contribution < 1.29 is 0 Å². The Labute approximate surface area is 50.8 Å². The summed E-state index contributed by atoms with van der Waals surface area (Å²) >= 11 is 0. The molecule has 2 N–H and O–H groups in total. The molecule has 0 bridgehead atoms. The third-order valence-corrected chi connectivity index (χ3v) is 1.30. The zero-order valence-corrected chi connectivity index (χ0v) is 5.57. The molecular weight excluding hydrogens is 100 g/mol. The first-order valence-corrected chi connectivity index (χ1v) is 3.01. The first kappa shape index (κ1) is 7.63. The molecule has 0 radical (unpaired) electrons. The molecule has 0 saturated heterocycles. The van der Waals surface area contributed by atoms with Crippen molar-refractivity contribution in [3.8, 4) is 0 Å². The van der Waals surface area contributed by atoms with Gasteiger partial charge in [-0.25, -0.2) is 0 Å². The van der Waals surface area contributed by atoms with Gasteiger partial charge in [0.25, 0.3) is 0 Å². The van der Waals surface area contributed by atoms with E-state index in [1.165, 1.54) is 6.21 Å². The van der Waals surface area contributed by atoms with Crippen LogP contribution in [0.4, 0.5) is 0 Å². The highest BCUT2D eigenvalue weighted by Crippen LogP contribution is 1.91. The molecular formula is C6H14N2. The second kappa shape index (κ2) is 4.78. The van der Waals surface area contributed by atoms with Gasteiger partial charge >= 0.3 is 0 Å². The molecule has 0 aliphatic rings. The lowest BCUT2D eigenvalue weighted by Crippen LogP contribution is -2.23. The predicted molar refractivity (Wildman–Crippen MR) is 36.5 cm³/mol. The van der Waals surface area contributed by atoms with E-state index in [1.807, 2.05) is 7.05 Å². The summed E-state index contributed by atoms with van der Waals surface area (Å²) in [4.78, 5) is 0. The Hall–Kier alpha value is -0.370. The van der Waals surface area contributed by atoms with Crippen LogP contribution < -0.4 is 5.32 Å². The van der Waals surface area contributed by atoms with E-state index < -0.39 is 0 Å². The van der Waals surface area contributed by atoms with Crippen molar-refractivity contribution in [3.05, 3.63) is 0 Å². The van der Waals surface area contributed by atoms with Gasteiger partial charge in [-0.2, -0.15) is 0 Å². The van der Waals surface area contributed by atoms with Crippen LogP contribution >= 0.6 is 0 Å². The molecule has 0 saturated carbocycles. The van der Waals surface area contributed by atoms with Crippen LogP contribution in [-0.4, -0.2) is 19.3 Å². The van der Waals surface area contributed by atoms with Gasteiger partial charge in [-0.05, 0) is 26.1 Å². The van der Waals surface area contributed by atoms with Crippen LogP contribution in [0.5, 0.6) is 0 Å². The van der Waals surface area contributed by atoms with Crippen molar-refractivity contribution in [3.63, 3.8) is 0 Å². The van der Waals surface area contributed by atoms with Gasteiger partial charge in [0.05, 0.1) is 0 Å². The highest BCUT2D eigenvalue weighted by molar-refractivity contribution is 5.53. The summed E-state index contributed by atoms with van der Waals surface area (Å²) < 4.78 is 0. The summed E-state index contributed by atoms with van der Waals surface area (Å²) in [6, 6.07) is 0.507. The summed E-state index contributed by atoms with van der Waals surface area (Å²) in [7, 11) is 1.93. The molecule has 0 aliphatic heterocycles. The summed E-state index contributed by atoms with van der Waals surface area (Å²) in [5.74, 6) is 0. The second-order valence-electron chi connectivity index (χ2n) is 1.83. The molecule has 0 aromatic carbocycles. The maximum atomic E-state index is 6.77. The molecule has 48 valence electrons. The molecule has 0 aromatic heterocycles. The fraction of sp³-hybridized carbons (Fsp3) is 0.833. The Morgan fingerprint density at radius 3 is 2.50 bits per heavy atom. The van der Waals surface area contributed by atoms with Crippen molar-refractivity contribution in [1.29, 1.82) is 5.41 Å². The Morgan fingerprint density at radius 1 is 1.75 bits per heavy atom. The van der Waals surface area contributed by atoms with E-state index in [1.54, 1.807) is 0 Å². The summed E-state index contributed by atoms with van der Waals surface area (Å²) in [5.41, 5.74) is 0. The topological polar surface area (TPSA) is 35.9 Å². The average Bonchev–Trinajstić information content (AvgIpc) is 1.83. The lowest BCUT2D eigenvalue weighted by atomic mass is 10.2. The summed E-state index contributed by atoms with van der Waals surface area (Å²) in [5, 5.41) is 9.88. The monoisotopic (exact) mass is 114 g/mol. The standard InChI is InChI=1S/C6H14N2/c1-3-6(8-2)4-5-7/h5-8H,3-4H2,1-2H3. The van der Waals surface area contributed by atoms with Crippen LogP contribution in [0.2, 0.25) is 0 Å². The number of hydrogen-bond donors (Lipinski definition) is 2. The van der Waals surface area contributed by atoms with E-state index in [0.29, 0.717) is 6.04 Å². The fourth-order valence-corrected chi connectivity index (χ4v) is 0.631. The molecule has 2 nitrogen and oxygen atoms in total. The molecule has 2 heteroatoms. The predicted octanol–water partition coefficient (Wildman–Crippen LogP) is 1.02. The highest BCUT2D eigenvalue weighted by Gasteiger charge is 1.96. The van der Waals surface area contributed by atoms with Crippen LogP contribution in [0.15, 0.2) is 0 Å². The average molecular weight is 114 g/mol. The normalized spacial score (nSPS) is 13.2. The third-order valence-electron chi connectivity index (χ3n) is 1.30. The van der Waals surface area contributed by atoms with Gasteiger partial charge in [0, 0.05) is 6.04 Å². The maximum Gasteiger partial charge on any atom is 0.0111 e. The first-order valence-electron chi connectivity index (χ1n) is 3.01. The van der Waals surface area contributed by atoms with Crippen LogP contribution in [0.1, 0.15) is 19.8 Å². The van der Waals surface area contributed by atoms with Crippen molar-refractivity contribution in [2.45, 2.75) is 25.8 Å². The molecule has 0 aromatic rings. The SMILES string of the molecule is CCC(CC=N)NC. The van der Waals surface area contributed by atoms with E-state index in [0.717, 1.165) is 12.8 Å². The summed E-state index contributed by atoms with van der Waals surface area (Å²) in [6.07, 6.45) is 3.41. The minimum atomic E-state index is 0.507. The van der Waals surface area contributed by atoms with Gasteiger partial charge in [-0.1, -0.05) is 6.92 Å². The van der Waals surface area contributed by atoms with Gasteiger partial charge in [0.2, 0.25) is 0 Å². The molecule has 0 fully saturated rings. The molecule has 0 aliphatic carbocycles. The number of nitrogens with one attached hydrogen (secondary N) is 2. The van der Waals surface area contributed by atoms with Crippen LogP contribution in [0.25, 0.3) is 0 Å². The number of hydrogen-bond acceptors (Lipinski definition) is 2. The molecule has 1 atom stereocenters. The molecule has 0 rings (SSSR count). The molecule has 8 heavy (non-hydrogen) atoms. The van der Waals surface area contributed by atoms with Crippen LogP contribution in [0, 0.1) is 5.41 Å². The first-order chi connectivity index (χ1) is 3.85. The Morgan fingerprint density at radius 2 is 2.38 bits per heavy atom. The van der Waals surface area contributed by atoms with Gasteiger partial charge in [-0.3, -0.25) is 0 Å². The van der Waals surface area contributed by atoms with Crippen LogP contribution in [-0.2, 0) is 0 Å². The fourth-order valence-electron chi connectivity index (χ4n) is 0.631. The largest absolute Gasteiger partial charge is 0.317 e. The van der Waals surface area contributed by atoms with Gasteiger partial charge in [0.15, 0.2) is 0 Å². The number of rotatable bonds is 4. The lowest BCUT2D eigenvalue weighted by Gasteiger charge is -2.08. The minimum absolute atomic E-state index is 0.507. The quantitative estimate of drug-likeness (QED) is 0.526. The highest BCUT2D eigenvalue weighted by atomic mass is 14.9. The summed E-state index contributed by atoms with van der Waals surface area (Å²) in [6.45, 7) is 2.12. The third kappa shape index (κ3) is 2.75. The lowest BCUT2D eigenvalue weighted by molar-refractivity contribution is 0.567. The van der Waals surface area contributed by atoms with Crippen molar-refractivity contribution in [2.24, 2.45) is 0 Å². The molecule has 0 heterocycles. The Kier molecular flexibility index (Phi) is 4.56. The van der Waals surface area contributed by atoms with Gasteiger partial charge in [0.1, 0.15) is 0 Å². The second-order valence-corrected chi connectivity index (χ2v) is 1.83. The zero-order chi connectivity index (χ0) is 6.41. The van der Waals surface area contributed by atoms with Gasteiger partial charge in [-0.15, -0.1) is 0 Å². The van der Waals surface area contributed by atoms with Crippen molar-refractivity contribution in [2.75, 3.05) is 7.05 Å². The van der Waals surface area contributed by atoms with E-state index in [4.69, 9.17) is 5.41 Å². The van der Waals surface area contributed by atoms with E-state index in [2.05, 4.69) is 12.2 Å². The van der Waals surface area contributed by atoms with Crippen molar-refractivity contribution >= 4 is 6.21 Å². The van der Waals surface area contributed by atoms with Crippen molar-refractivity contribution in [1.82, 2.24) is 5.32 Å². The molecule has 1 unspecified atom stereocenters. The molecule has 0 spiro atoms. The van der Waals surface area contributed by atoms with Gasteiger partial charge < -0.3 is 10.7 Å². The van der Waals surface area contributed by atoms with E-state index in [9.17, 15) is 0 Å². The van der Waals surface area contributed by atoms with E-state index >= 15 is 0 Å². The zero-order valence-electron chi connectivity index (χ0n) is 5.57. The minimum Gasteiger partial charge on any atom is -0.317 e. The maximum absolute atomic E-state index is 6.77. The smallest absolute Gasteiger partial charge is 0.0111 e. The Bertz CT molecular complexity index is 57.5. The Balaban J connectivity index is 3.20. The van der Waals surface area contributed by atoms with Crippen LogP contribution in [0.3, 0.4) is 0 Å².